The Morgan fingerprint density at radius 2 is 1.71 bits per heavy atom. The van der Waals surface area contributed by atoms with Gasteiger partial charge >= 0.3 is 0 Å². The van der Waals surface area contributed by atoms with Gasteiger partial charge in [0.15, 0.2) is 0 Å². The van der Waals surface area contributed by atoms with E-state index in [0.29, 0.717) is 24.7 Å². The van der Waals surface area contributed by atoms with Gasteiger partial charge in [-0.2, -0.15) is 4.98 Å². The summed E-state index contributed by atoms with van der Waals surface area (Å²) in [5.41, 5.74) is 11.2. The molecule has 0 aliphatic carbocycles. The molecule has 2 saturated heterocycles. The Balaban J connectivity index is 1.40. The maximum Gasteiger partial charge on any atom is 0.254 e. The number of fused-ring (bicyclic) bond motifs is 1. The first kappa shape index (κ1) is 24.5. The van der Waals surface area contributed by atoms with E-state index in [0.717, 1.165) is 86.1 Å². The minimum atomic E-state index is 0.0789. The molecule has 0 spiro atoms. The van der Waals surface area contributed by atoms with Gasteiger partial charge in [-0.25, -0.2) is 15.0 Å². The highest BCUT2D eigenvalue weighted by atomic mass is 16.5. The lowest BCUT2D eigenvalue weighted by Crippen LogP contribution is -2.47. The van der Waals surface area contributed by atoms with Gasteiger partial charge in [0.25, 0.3) is 5.91 Å². The Morgan fingerprint density at radius 3 is 2.45 bits per heavy atom. The number of hydrogen-bond acceptors (Lipinski definition) is 10. The van der Waals surface area contributed by atoms with Crippen LogP contribution < -0.4 is 15.5 Å². The van der Waals surface area contributed by atoms with Gasteiger partial charge in [-0.1, -0.05) is 6.07 Å². The van der Waals surface area contributed by atoms with E-state index in [1.807, 2.05) is 23.1 Å². The van der Waals surface area contributed by atoms with Crippen LogP contribution in [-0.2, 0) is 11.2 Å². The van der Waals surface area contributed by atoms with E-state index in [1.54, 1.807) is 12.4 Å². The highest BCUT2D eigenvalue weighted by Crippen LogP contribution is 2.40. The Bertz CT molecular complexity index is 1330. The second kappa shape index (κ2) is 10.1. The zero-order valence-electron chi connectivity index (χ0n) is 21.9. The molecule has 0 bridgehead atoms. The number of hydrogen-bond donors (Lipinski definition) is 1. The lowest BCUT2D eigenvalue weighted by Gasteiger charge is -2.32. The molecule has 11 nitrogen and oxygen atoms in total. The number of amides is 1. The van der Waals surface area contributed by atoms with Crippen molar-refractivity contribution in [3.05, 3.63) is 47.3 Å². The van der Waals surface area contributed by atoms with Crippen LogP contribution in [0.4, 0.5) is 23.4 Å². The average Bonchev–Trinajstić information content (AvgIpc) is 3.38. The van der Waals surface area contributed by atoms with Gasteiger partial charge in [0, 0.05) is 80.6 Å². The van der Waals surface area contributed by atoms with Crippen LogP contribution in [0.25, 0.3) is 11.3 Å². The van der Waals surface area contributed by atoms with Crippen molar-refractivity contribution >= 4 is 29.3 Å². The summed E-state index contributed by atoms with van der Waals surface area (Å²) in [6.07, 6.45) is 4.21. The fraction of sp³-hybridized carbons (Fsp3) is 0.444. The molecule has 38 heavy (non-hydrogen) atoms. The van der Waals surface area contributed by atoms with Crippen LogP contribution in [0.15, 0.2) is 30.6 Å². The van der Waals surface area contributed by atoms with Crippen molar-refractivity contribution in [2.75, 3.05) is 81.6 Å². The third-order valence-corrected chi connectivity index (χ3v) is 7.59. The summed E-state index contributed by atoms with van der Waals surface area (Å²) < 4.78 is 5.56. The number of morpholine rings is 1. The fourth-order valence-corrected chi connectivity index (χ4v) is 5.31. The highest BCUT2D eigenvalue weighted by Gasteiger charge is 2.31. The third-order valence-electron chi connectivity index (χ3n) is 7.59. The first-order valence-corrected chi connectivity index (χ1v) is 13.2. The maximum atomic E-state index is 13.4. The molecule has 2 aromatic heterocycles. The molecule has 3 aliphatic heterocycles. The average molecular weight is 516 g/mol. The molecule has 0 atom stereocenters. The fourth-order valence-electron chi connectivity index (χ4n) is 5.31. The number of nitrogens with two attached hydrogens (primary N) is 1. The number of aromatic nitrogens is 4. The van der Waals surface area contributed by atoms with Crippen LogP contribution in [0.2, 0.25) is 0 Å². The number of carbonyl (C=O) groups excluding carboxylic acids is 1. The molecule has 1 amide bonds. The van der Waals surface area contributed by atoms with Crippen LogP contribution in [0.5, 0.6) is 0 Å². The molecule has 1 aromatic carbocycles. The van der Waals surface area contributed by atoms with E-state index in [-0.39, 0.29) is 11.9 Å². The summed E-state index contributed by atoms with van der Waals surface area (Å²) in [5, 5.41) is 0. The number of likely N-dealkylation sites (N-methyl/N-ethyl adjacent to an activating group) is 1. The molecule has 6 rings (SSSR count). The Labute approximate surface area is 222 Å². The monoisotopic (exact) mass is 515 g/mol. The van der Waals surface area contributed by atoms with Gasteiger partial charge in [0.05, 0.1) is 18.9 Å². The molecule has 0 unspecified atom stereocenters. The number of carbonyl (C=O) groups is 1. The van der Waals surface area contributed by atoms with Crippen LogP contribution >= 0.6 is 0 Å². The molecule has 5 heterocycles. The summed E-state index contributed by atoms with van der Waals surface area (Å²) in [6.45, 7) is 8.83. The number of nitrogens with zero attached hydrogens (tertiary/aromatic N) is 8. The zero-order valence-corrected chi connectivity index (χ0v) is 21.9. The second-order valence-corrected chi connectivity index (χ2v) is 10.1. The van der Waals surface area contributed by atoms with E-state index in [4.69, 9.17) is 20.4 Å². The Morgan fingerprint density at radius 1 is 0.974 bits per heavy atom. The van der Waals surface area contributed by atoms with Crippen molar-refractivity contribution in [2.45, 2.75) is 13.3 Å². The van der Waals surface area contributed by atoms with E-state index in [2.05, 4.69) is 38.6 Å². The molecule has 198 valence electrons. The number of piperazine rings is 1. The minimum Gasteiger partial charge on any atom is -0.378 e. The van der Waals surface area contributed by atoms with Gasteiger partial charge in [0.1, 0.15) is 5.82 Å². The lowest BCUT2D eigenvalue weighted by molar-refractivity contribution is 0.0664. The first-order valence-electron chi connectivity index (χ1n) is 13.2. The number of anilines is 4. The van der Waals surface area contributed by atoms with E-state index in [1.165, 1.54) is 0 Å². The van der Waals surface area contributed by atoms with Crippen LogP contribution in [0, 0.1) is 6.92 Å². The van der Waals surface area contributed by atoms with Crippen molar-refractivity contribution in [1.82, 2.24) is 29.7 Å². The third kappa shape index (κ3) is 4.63. The zero-order chi connectivity index (χ0) is 26.2. The van der Waals surface area contributed by atoms with Gasteiger partial charge in [-0.15, -0.1) is 0 Å². The van der Waals surface area contributed by atoms with Crippen LogP contribution in [0.3, 0.4) is 0 Å². The first-order chi connectivity index (χ1) is 18.5. The molecule has 0 saturated carbocycles. The quantitative estimate of drug-likeness (QED) is 0.551. The number of aryl methyl sites for hydroxylation is 1. The molecule has 3 aromatic rings. The molecule has 2 N–H and O–H groups in total. The van der Waals surface area contributed by atoms with E-state index in [9.17, 15) is 4.79 Å². The van der Waals surface area contributed by atoms with Crippen molar-refractivity contribution in [3.8, 4) is 11.3 Å². The number of nitrogen functional groups attached to an aromatic ring is 1. The summed E-state index contributed by atoms with van der Waals surface area (Å²) in [6, 6.07) is 6.00. The van der Waals surface area contributed by atoms with Crippen molar-refractivity contribution in [1.29, 1.82) is 0 Å². The van der Waals surface area contributed by atoms with Gasteiger partial charge < -0.3 is 30.1 Å². The predicted octanol–water partition coefficient (Wildman–Crippen LogP) is 1.74. The van der Waals surface area contributed by atoms with Crippen LogP contribution in [0.1, 0.15) is 21.5 Å². The molecule has 0 radical (unpaired) electrons. The molecule has 3 aliphatic rings. The molecule has 2 fully saturated rings. The van der Waals surface area contributed by atoms with E-state index < -0.39 is 0 Å². The normalized spacial score (nSPS) is 18.1. The van der Waals surface area contributed by atoms with Crippen molar-refractivity contribution < 1.29 is 9.53 Å². The summed E-state index contributed by atoms with van der Waals surface area (Å²) in [7, 11) is 2.09. The number of benzene rings is 1. The Hall–Kier alpha value is -3.83. The summed E-state index contributed by atoms with van der Waals surface area (Å²) in [5.74, 6) is 1.83. The highest BCUT2D eigenvalue weighted by molar-refractivity contribution is 5.96. The van der Waals surface area contributed by atoms with Gasteiger partial charge in [-0.05, 0) is 38.1 Å². The maximum absolute atomic E-state index is 13.4. The molecular weight excluding hydrogens is 482 g/mol. The number of rotatable bonds is 4. The van der Waals surface area contributed by atoms with Crippen LogP contribution in [-0.4, -0.2) is 102 Å². The van der Waals surface area contributed by atoms with Gasteiger partial charge in [0.2, 0.25) is 11.9 Å². The molecular formula is C27H33N9O2. The van der Waals surface area contributed by atoms with Crippen molar-refractivity contribution in [2.24, 2.45) is 0 Å². The standard InChI is InChI=1S/C27H33N9O2/c1-18-3-4-19(25(37)34-9-7-33(2)8-10-34)15-22(18)36-6-5-21-23(20-16-29-26(28)30-17-20)31-27(32-24(21)36)35-11-13-38-14-12-35/h3-4,15-17H,5-14H2,1-2H3,(H2,28,29,30). The summed E-state index contributed by atoms with van der Waals surface area (Å²) in [4.78, 5) is 40.4. The van der Waals surface area contributed by atoms with Crippen molar-refractivity contribution in [3.63, 3.8) is 0 Å². The number of ether oxygens (including phenoxy) is 1. The SMILES string of the molecule is Cc1ccc(C(=O)N2CCN(C)CC2)cc1N1CCc2c(-c3cnc(N)nc3)nc(N3CCOCC3)nc21. The smallest absolute Gasteiger partial charge is 0.254 e. The minimum absolute atomic E-state index is 0.0789. The lowest BCUT2D eigenvalue weighted by atomic mass is 10.1. The predicted molar refractivity (Wildman–Crippen MR) is 146 cm³/mol. The second-order valence-electron chi connectivity index (χ2n) is 10.1. The van der Waals surface area contributed by atoms with E-state index >= 15 is 0 Å². The summed E-state index contributed by atoms with van der Waals surface area (Å²) >= 11 is 0. The van der Waals surface area contributed by atoms with Gasteiger partial charge in [-0.3, -0.25) is 4.79 Å². The topological polar surface area (TPSA) is 117 Å². The molecule has 11 heteroatoms. The largest absolute Gasteiger partial charge is 0.378 e. The Kier molecular flexibility index (Phi) is 6.54.